The molecule has 0 saturated carbocycles. The van der Waals surface area contributed by atoms with Crippen molar-refractivity contribution in [1.82, 2.24) is 20.2 Å². The molecule has 2 rings (SSSR count). The molecular formula is C6H2ClN5. The van der Waals surface area contributed by atoms with Crippen molar-refractivity contribution in [3.05, 3.63) is 17.0 Å². The number of H-pyrrole nitrogens is 1. The van der Waals surface area contributed by atoms with Gasteiger partial charge in [0.25, 0.3) is 0 Å². The number of nitrogens with zero attached hydrogens (tertiary/aromatic N) is 4. The van der Waals surface area contributed by atoms with E-state index in [2.05, 4.69) is 20.2 Å². The Kier molecular flexibility index (Phi) is 1.42. The van der Waals surface area contributed by atoms with Crippen LogP contribution in [-0.4, -0.2) is 20.2 Å². The van der Waals surface area contributed by atoms with Gasteiger partial charge in [0.05, 0.1) is 6.20 Å². The lowest BCUT2D eigenvalue weighted by Gasteiger charge is -1.86. The lowest BCUT2D eigenvalue weighted by Crippen LogP contribution is -1.82. The van der Waals surface area contributed by atoms with E-state index in [9.17, 15) is 0 Å². The van der Waals surface area contributed by atoms with Crippen molar-refractivity contribution < 1.29 is 0 Å². The van der Waals surface area contributed by atoms with E-state index in [1.165, 1.54) is 6.20 Å². The highest BCUT2D eigenvalue weighted by Crippen LogP contribution is 2.12. The monoisotopic (exact) mass is 179 g/mol. The summed E-state index contributed by atoms with van der Waals surface area (Å²) >= 11 is 5.58. The van der Waals surface area contributed by atoms with Crippen molar-refractivity contribution in [3.63, 3.8) is 0 Å². The molecule has 0 aromatic carbocycles. The van der Waals surface area contributed by atoms with Gasteiger partial charge in [0, 0.05) is 0 Å². The van der Waals surface area contributed by atoms with Crippen molar-refractivity contribution in [2.45, 2.75) is 0 Å². The van der Waals surface area contributed by atoms with Gasteiger partial charge in [-0.1, -0.05) is 11.6 Å². The Morgan fingerprint density at radius 2 is 2.42 bits per heavy atom. The van der Waals surface area contributed by atoms with Crippen LogP contribution in [0.4, 0.5) is 0 Å². The highest BCUT2D eigenvalue weighted by Gasteiger charge is 2.06. The number of aromatic amines is 1. The summed E-state index contributed by atoms with van der Waals surface area (Å²) < 4.78 is 0. The molecule has 2 heterocycles. The van der Waals surface area contributed by atoms with Gasteiger partial charge in [0.2, 0.25) is 5.65 Å². The third kappa shape index (κ3) is 0.898. The van der Waals surface area contributed by atoms with E-state index < -0.39 is 0 Å². The zero-order chi connectivity index (χ0) is 8.55. The summed E-state index contributed by atoms with van der Waals surface area (Å²) in [5, 5.41) is 15.1. The number of nitrogens with one attached hydrogen (secondary N) is 1. The molecule has 0 spiro atoms. The Morgan fingerprint density at radius 3 is 3.17 bits per heavy atom. The first kappa shape index (κ1) is 7.00. The quantitative estimate of drug-likeness (QED) is 0.651. The summed E-state index contributed by atoms with van der Waals surface area (Å²) in [5.41, 5.74) is 1.08. The highest BCUT2D eigenvalue weighted by molar-refractivity contribution is 6.29. The maximum atomic E-state index is 8.58. The Morgan fingerprint density at radius 1 is 1.58 bits per heavy atom. The minimum atomic E-state index is 0.250. The first-order valence-corrected chi connectivity index (χ1v) is 3.46. The summed E-state index contributed by atoms with van der Waals surface area (Å²) in [6.07, 6.45) is 1.38. The highest BCUT2D eigenvalue weighted by atomic mass is 35.5. The number of rotatable bonds is 0. The predicted octanol–water partition coefficient (Wildman–Crippen LogP) is 0.878. The number of fused-ring (bicyclic) bond motifs is 1. The number of hydrogen-bond donors (Lipinski definition) is 1. The Balaban J connectivity index is 2.86. The van der Waals surface area contributed by atoms with Crippen LogP contribution in [0.1, 0.15) is 5.69 Å². The van der Waals surface area contributed by atoms with Gasteiger partial charge in [-0.3, -0.25) is 5.10 Å². The SMILES string of the molecule is N#Cc1[nH]nc2ncc(Cl)nc12. The van der Waals surface area contributed by atoms with E-state index in [1.807, 2.05) is 6.07 Å². The van der Waals surface area contributed by atoms with E-state index in [0.29, 0.717) is 11.2 Å². The molecule has 58 valence electrons. The van der Waals surface area contributed by atoms with Gasteiger partial charge in [0.1, 0.15) is 16.7 Å². The van der Waals surface area contributed by atoms with Crippen molar-refractivity contribution >= 4 is 22.8 Å². The zero-order valence-corrected chi connectivity index (χ0v) is 6.50. The van der Waals surface area contributed by atoms with Gasteiger partial charge in [-0.2, -0.15) is 10.4 Å². The number of hydrogen-bond acceptors (Lipinski definition) is 4. The standard InChI is InChI=1S/C6H2ClN5/c7-4-2-9-6-5(10-4)3(1-8)11-12-6/h2H,(H,9,11,12). The van der Waals surface area contributed by atoms with Crippen LogP contribution in [0.15, 0.2) is 6.20 Å². The predicted molar refractivity (Wildman–Crippen MR) is 41.4 cm³/mol. The second kappa shape index (κ2) is 2.43. The van der Waals surface area contributed by atoms with E-state index in [1.54, 1.807) is 0 Å². The Labute approximate surface area is 72.0 Å². The number of halogens is 1. The molecule has 0 fully saturated rings. The smallest absolute Gasteiger partial charge is 0.201 e. The second-order valence-corrected chi connectivity index (χ2v) is 2.46. The fraction of sp³-hybridized carbons (Fsp3) is 0. The molecule has 5 nitrogen and oxygen atoms in total. The van der Waals surface area contributed by atoms with E-state index in [-0.39, 0.29) is 10.8 Å². The first-order valence-electron chi connectivity index (χ1n) is 3.08. The van der Waals surface area contributed by atoms with Gasteiger partial charge < -0.3 is 0 Å². The van der Waals surface area contributed by atoms with Crippen molar-refractivity contribution in [1.29, 1.82) is 5.26 Å². The Bertz CT molecular complexity index is 468. The molecule has 0 amide bonds. The number of nitriles is 1. The maximum Gasteiger partial charge on any atom is 0.201 e. The molecular weight excluding hydrogens is 178 g/mol. The summed E-state index contributed by atoms with van der Waals surface area (Å²) in [7, 11) is 0. The molecule has 0 saturated heterocycles. The second-order valence-electron chi connectivity index (χ2n) is 2.08. The average Bonchev–Trinajstić information content (AvgIpc) is 2.46. The van der Waals surface area contributed by atoms with Crippen molar-refractivity contribution in [2.75, 3.05) is 0 Å². The molecule has 1 N–H and O–H groups in total. The third-order valence-electron chi connectivity index (χ3n) is 1.35. The molecule has 0 radical (unpaired) electrons. The fourth-order valence-corrected chi connectivity index (χ4v) is 0.984. The molecule has 0 aliphatic carbocycles. The van der Waals surface area contributed by atoms with Gasteiger partial charge in [-0.05, 0) is 0 Å². The van der Waals surface area contributed by atoms with E-state index in [0.717, 1.165) is 0 Å². The first-order chi connectivity index (χ1) is 5.81. The van der Waals surface area contributed by atoms with Gasteiger partial charge in [-0.25, -0.2) is 9.97 Å². The van der Waals surface area contributed by atoms with Crippen LogP contribution >= 0.6 is 11.6 Å². The van der Waals surface area contributed by atoms with Crippen LogP contribution < -0.4 is 0 Å². The van der Waals surface area contributed by atoms with Crippen LogP contribution in [-0.2, 0) is 0 Å². The molecule has 0 unspecified atom stereocenters. The van der Waals surface area contributed by atoms with Gasteiger partial charge >= 0.3 is 0 Å². The van der Waals surface area contributed by atoms with Crippen LogP contribution in [0, 0.1) is 11.3 Å². The van der Waals surface area contributed by atoms with Crippen LogP contribution in [0.2, 0.25) is 5.15 Å². The topological polar surface area (TPSA) is 78.2 Å². The zero-order valence-electron chi connectivity index (χ0n) is 5.74. The normalized spacial score (nSPS) is 10.0. The Hall–Kier alpha value is -1.67. The summed E-state index contributed by atoms with van der Waals surface area (Å²) in [6.45, 7) is 0. The molecule has 6 heteroatoms. The van der Waals surface area contributed by atoms with Crippen LogP contribution in [0.5, 0.6) is 0 Å². The van der Waals surface area contributed by atoms with Crippen LogP contribution in [0.3, 0.4) is 0 Å². The summed E-state index contributed by atoms with van der Waals surface area (Å²) in [5.74, 6) is 0. The van der Waals surface area contributed by atoms with Crippen LogP contribution in [0.25, 0.3) is 11.2 Å². The molecule has 0 aliphatic heterocycles. The summed E-state index contributed by atoms with van der Waals surface area (Å²) in [4.78, 5) is 7.75. The molecule has 12 heavy (non-hydrogen) atoms. The molecule has 2 aromatic heterocycles. The molecule has 2 aromatic rings. The van der Waals surface area contributed by atoms with Crippen molar-refractivity contribution in [2.24, 2.45) is 0 Å². The van der Waals surface area contributed by atoms with Gasteiger partial charge in [0.15, 0.2) is 5.69 Å². The molecule has 0 atom stereocenters. The van der Waals surface area contributed by atoms with Gasteiger partial charge in [-0.15, -0.1) is 0 Å². The summed E-state index contributed by atoms with van der Waals surface area (Å²) in [6, 6.07) is 1.90. The lowest BCUT2D eigenvalue weighted by atomic mass is 10.4. The van der Waals surface area contributed by atoms with E-state index in [4.69, 9.17) is 16.9 Å². The van der Waals surface area contributed by atoms with Crippen molar-refractivity contribution in [3.8, 4) is 6.07 Å². The maximum absolute atomic E-state index is 8.58. The average molecular weight is 180 g/mol. The largest absolute Gasteiger partial charge is 0.264 e. The third-order valence-corrected chi connectivity index (χ3v) is 1.53. The fourth-order valence-electron chi connectivity index (χ4n) is 0.851. The molecule has 0 bridgehead atoms. The lowest BCUT2D eigenvalue weighted by molar-refractivity contribution is 1.08. The molecule has 0 aliphatic rings. The minimum Gasteiger partial charge on any atom is -0.264 e. The number of aromatic nitrogens is 4. The minimum absolute atomic E-state index is 0.250. The van der Waals surface area contributed by atoms with E-state index >= 15 is 0 Å².